The quantitative estimate of drug-likeness (QED) is 0.373. The van der Waals surface area contributed by atoms with Gasteiger partial charge in [0, 0.05) is 43.7 Å². The molecular weight excluding hydrogens is 464 g/mol. The Bertz CT molecular complexity index is 1310. The fourth-order valence-corrected chi connectivity index (χ4v) is 4.96. The Morgan fingerprint density at radius 1 is 1.00 bits per heavy atom. The van der Waals surface area contributed by atoms with Crippen LogP contribution < -0.4 is 5.32 Å². The number of rotatable bonds is 8. The molecule has 190 valence electrons. The minimum absolute atomic E-state index is 0.0185. The van der Waals surface area contributed by atoms with E-state index >= 15 is 0 Å². The molecular formula is C30H32N4O3. The zero-order valence-corrected chi connectivity index (χ0v) is 21.0. The van der Waals surface area contributed by atoms with Crippen LogP contribution in [0.3, 0.4) is 0 Å². The van der Waals surface area contributed by atoms with Crippen LogP contribution in [0, 0.1) is 11.8 Å². The molecule has 0 spiro atoms. The van der Waals surface area contributed by atoms with Crippen LogP contribution in [-0.2, 0) is 11.2 Å². The molecule has 1 fully saturated rings. The van der Waals surface area contributed by atoms with Crippen molar-refractivity contribution in [3.63, 3.8) is 0 Å². The van der Waals surface area contributed by atoms with Crippen LogP contribution in [0.15, 0.2) is 89.7 Å². The maximum Gasteiger partial charge on any atom is 0.257 e. The number of nitrogens with one attached hydrogen (secondary N) is 1. The molecule has 0 radical (unpaired) electrons. The molecule has 1 N–H and O–H groups in total. The van der Waals surface area contributed by atoms with Crippen molar-refractivity contribution in [2.45, 2.75) is 26.2 Å². The van der Waals surface area contributed by atoms with Gasteiger partial charge in [0.25, 0.3) is 5.91 Å². The molecule has 1 saturated heterocycles. The fourth-order valence-electron chi connectivity index (χ4n) is 4.96. The summed E-state index contributed by atoms with van der Waals surface area (Å²) in [5.41, 5.74) is 3.10. The van der Waals surface area contributed by atoms with E-state index in [4.69, 9.17) is 9.52 Å². The molecule has 1 aliphatic rings. The van der Waals surface area contributed by atoms with Crippen LogP contribution in [0.4, 0.5) is 0 Å². The molecule has 4 aromatic rings. The summed E-state index contributed by atoms with van der Waals surface area (Å²) in [5.74, 6) is 1.05. The summed E-state index contributed by atoms with van der Waals surface area (Å²) in [6.07, 6.45) is 5.75. The number of benzene rings is 2. The molecule has 2 amide bonds. The molecule has 2 aromatic heterocycles. The highest BCUT2D eigenvalue weighted by Gasteiger charge is 2.31. The lowest BCUT2D eigenvalue weighted by atomic mass is 9.84. The topological polar surface area (TPSA) is 80.4 Å². The van der Waals surface area contributed by atoms with Crippen LogP contribution in [0.1, 0.15) is 35.9 Å². The average molecular weight is 497 g/mol. The lowest BCUT2D eigenvalue weighted by Gasteiger charge is -2.34. The van der Waals surface area contributed by atoms with E-state index in [0.717, 1.165) is 29.9 Å². The van der Waals surface area contributed by atoms with Gasteiger partial charge in [-0.1, -0.05) is 55.5 Å². The number of nitrogens with zero attached hydrogens (tertiary/aromatic N) is 3. The van der Waals surface area contributed by atoms with Crippen molar-refractivity contribution in [3.8, 4) is 16.9 Å². The number of piperidine rings is 1. The summed E-state index contributed by atoms with van der Waals surface area (Å²) >= 11 is 0. The predicted octanol–water partition coefficient (Wildman–Crippen LogP) is 4.98. The van der Waals surface area contributed by atoms with Crippen molar-refractivity contribution < 1.29 is 14.0 Å². The molecule has 1 atom stereocenters. The second-order valence-corrected chi connectivity index (χ2v) is 9.58. The van der Waals surface area contributed by atoms with E-state index in [1.54, 1.807) is 10.9 Å². The van der Waals surface area contributed by atoms with Crippen LogP contribution in [0.2, 0.25) is 0 Å². The lowest BCUT2D eigenvalue weighted by molar-refractivity contribution is -0.126. The number of amides is 2. The number of likely N-dealkylation sites (tertiary alicyclic amines) is 1. The molecule has 2 aromatic carbocycles. The summed E-state index contributed by atoms with van der Waals surface area (Å²) in [4.78, 5) is 28.3. The zero-order valence-electron chi connectivity index (χ0n) is 21.0. The maximum absolute atomic E-state index is 13.7. The first-order chi connectivity index (χ1) is 18.1. The predicted molar refractivity (Wildman–Crippen MR) is 142 cm³/mol. The van der Waals surface area contributed by atoms with E-state index in [9.17, 15) is 9.59 Å². The molecule has 1 aliphatic heterocycles. The Morgan fingerprint density at radius 3 is 2.38 bits per heavy atom. The summed E-state index contributed by atoms with van der Waals surface area (Å²) in [6, 6.07) is 23.4. The van der Waals surface area contributed by atoms with E-state index in [2.05, 4.69) is 5.32 Å². The van der Waals surface area contributed by atoms with Gasteiger partial charge in [-0.25, -0.2) is 4.68 Å². The van der Waals surface area contributed by atoms with Gasteiger partial charge in [0.1, 0.15) is 11.5 Å². The summed E-state index contributed by atoms with van der Waals surface area (Å²) < 4.78 is 7.11. The third-order valence-corrected chi connectivity index (χ3v) is 7.21. The minimum Gasteiger partial charge on any atom is -0.469 e. The molecule has 37 heavy (non-hydrogen) atoms. The van der Waals surface area contributed by atoms with E-state index in [1.807, 2.05) is 90.8 Å². The Morgan fingerprint density at radius 2 is 1.70 bits per heavy atom. The number of hydrogen-bond acceptors (Lipinski definition) is 4. The van der Waals surface area contributed by atoms with Gasteiger partial charge in [0.15, 0.2) is 0 Å². The molecule has 7 nitrogen and oxygen atoms in total. The monoisotopic (exact) mass is 496 g/mol. The Hall–Kier alpha value is -4.13. The molecule has 0 bridgehead atoms. The number of furan rings is 1. The van der Waals surface area contributed by atoms with E-state index in [0.29, 0.717) is 37.3 Å². The van der Waals surface area contributed by atoms with Gasteiger partial charge >= 0.3 is 0 Å². The third kappa shape index (κ3) is 5.66. The van der Waals surface area contributed by atoms with Crippen molar-refractivity contribution in [1.29, 1.82) is 0 Å². The first-order valence-corrected chi connectivity index (χ1v) is 12.9. The van der Waals surface area contributed by atoms with Gasteiger partial charge in [0.2, 0.25) is 5.91 Å². The Balaban J connectivity index is 1.24. The fraction of sp³-hybridized carbons (Fsp3) is 0.300. The lowest BCUT2D eigenvalue weighted by Crippen LogP contribution is -2.43. The molecule has 5 rings (SSSR count). The Labute approximate surface area is 217 Å². The first kappa shape index (κ1) is 24.6. The number of carbonyl (C=O) groups is 2. The van der Waals surface area contributed by atoms with E-state index in [-0.39, 0.29) is 23.7 Å². The van der Waals surface area contributed by atoms with Crippen molar-refractivity contribution >= 4 is 11.8 Å². The van der Waals surface area contributed by atoms with E-state index < -0.39 is 0 Å². The second kappa shape index (κ2) is 11.3. The van der Waals surface area contributed by atoms with Gasteiger partial charge < -0.3 is 14.6 Å². The van der Waals surface area contributed by atoms with Crippen LogP contribution >= 0.6 is 0 Å². The maximum atomic E-state index is 13.7. The number of para-hydroxylation sites is 1. The molecule has 0 unspecified atom stereocenters. The first-order valence-electron chi connectivity index (χ1n) is 12.9. The van der Waals surface area contributed by atoms with E-state index in [1.165, 1.54) is 0 Å². The smallest absolute Gasteiger partial charge is 0.257 e. The van der Waals surface area contributed by atoms with Gasteiger partial charge in [-0.3, -0.25) is 9.59 Å². The average Bonchev–Trinajstić information content (AvgIpc) is 3.64. The number of aromatic nitrogens is 2. The van der Waals surface area contributed by atoms with Crippen molar-refractivity contribution in [1.82, 2.24) is 20.0 Å². The molecule has 0 aliphatic carbocycles. The highest BCUT2D eigenvalue weighted by molar-refractivity contribution is 6.00. The van der Waals surface area contributed by atoms with Crippen LogP contribution in [-0.4, -0.2) is 46.1 Å². The van der Waals surface area contributed by atoms with Gasteiger partial charge in [-0.2, -0.15) is 5.10 Å². The molecule has 3 heterocycles. The van der Waals surface area contributed by atoms with Gasteiger partial charge in [-0.15, -0.1) is 0 Å². The largest absolute Gasteiger partial charge is 0.469 e. The van der Waals surface area contributed by atoms with Gasteiger partial charge in [0.05, 0.1) is 17.5 Å². The highest BCUT2D eigenvalue weighted by Crippen LogP contribution is 2.29. The van der Waals surface area contributed by atoms with Crippen molar-refractivity contribution in [3.05, 3.63) is 96.6 Å². The Kier molecular flexibility index (Phi) is 7.49. The summed E-state index contributed by atoms with van der Waals surface area (Å²) in [7, 11) is 0. The second-order valence-electron chi connectivity index (χ2n) is 9.58. The SMILES string of the molecule is C[C@H](C(=O)NCCc1ccco1)C1CCN(C(=O)c2cn(-c3ccccc3)nc2-c2ccccc2)CC1. The van der Waals surface area contributed by atoms with Crippen LogP contribution in [0.5, 0.6) is 0 Å². The van der Waals surface area contributed by atoms with Crippen molar-refractivity contribution in [2.24, 2.45) is 11.8 Å². The highest BCUT2D eigenvalue weighted by atomic mass is 16.3. The standard InChI is InChI=1S/C30H32N4O3/c1-22(29(35)31-17-14-26-13-8-20-37-26)23-15-18-33(19-16-23)30(36)27-21-34(25-11-6-3-7-12-25)32-28(27)24-9-4-2-5-10-24/h2-13,20-23H,14-19H2,1H3,(H,31,35)/t22-/m0/s1. The zero-order chi connectivity index (χ0) is 25.6. The number of carbonyl (C=O) groups excluding carboxylic acids is 2. The van der Waals surface area contributed by atoms with Gasteiger partial charge in [-0.05, 0) is 43.0 Å². The van der Waals surface area contributed by atoms with Crippen LogP contribution in [0.25, 0.3) is 16.9 Å². The van der Waals surface area contributed by atoms with Crippen molar-refractivity contribution in [2.75, 3.05) is 19.6 Å². The normalized spacial score (nSPS) is 14.9. The third-order valence-electron chi connectivity index (χ3n) is 7.21. The minimum atomic E-state index is -0.102. The number of hydrogen-bond donors (Lipinski definition) is 1. The summed E-state index contributed by atoms with van der Waals surface area (Å²) in [6.45, 7) is 3.79. The summed E-state index contributed by atoms with van der Waals surface area (Å²) in [5, 5.41) is 7.82. The molecule has 0 saturated carbocycles. The molecule has 7 heteroatoms.